The molecule has 0 saturated carbocycles. The third-order valence-corrected chi connectivity index (χ3v) is 3.77. The molecule has 0 aliphatic heterocycles. The first-order valence-corrected chi connectivity index (χ1v) is 7.11. The molecule has 98 valence electrons. The van der Waals surface area contributed by atoms with Gasteiger partial charge in [-0.15, -0.1) is 21.6 Å². The highest BCUT2D eigenvalue weighted by molar-refractivity contribution is 7.13. The predicted octanol–water partition coefficient (Wildman–Crippen LogP) is 5.73. The van der Waals surface area contributed by atoms with E-state index in [2.05, 4.69) is 28.3 Å². The Balaban J connectivity index is 1.95. The van der Waals surface area contributed by atoms with Crippen molar-refractivity contribution in [3.05, 3.63) is 66.6 Å². The number of nitrogens with zero attached hydrogens (tertiary/aromatic N) is 3. The third-order valence-electron chi connectivity index (χ3n) is 2.88. The van der Waals surface area contributed by atoms with Crippen molar-refractivity contribution in [3.63, 3.8) is 0 Å². The highest BCUT2D eigenvalue weighted by Crippen LogP contribution is 2.31. The molecule has 3 nitrogen and oxygen atoms in total. The van der Waals surface area contributed by atoms with Crippen LogP contribution in [0.2, 0.25) is 0 Å². The molecule has 0 aliphatic rings. The topological polar surface area (TPSA) is 29.6 Å². The van der Waals surface area contributed by atoms with Gasteiger partial charge in [0.2, 0.25) is 0 Å². The normalized spacial score (nSPS) is 11.0. The maximum Gasteiger partial charge on any atom is 0.159 e. The van der Waals surface area contributed by atoms with Crippen LogP contribution in [-0.4, -0.2) is 4.57 Å². The quantitative estimate of drug-likeness (QED) is 0.546. The molecule has 0 bridgehead atoms. The second-order valence-corrected chi connectivity index (χ2v) is 5.09. The first kappa shape index (κ1) is 12.6. The van der Waals surface area contributed by atoms with Gasteiger partial charge in [0.15, 0.2) is 5.82 Å². The summed E-state index contributed by atoms with van der Waals surface area (Å²) >= 11 is 1.69. The number of azo groups is 1. The van der Waals surface area contributed by atoms with Gasteiger partial charge in [0, 0.05) is 6.20 Å². The fraction of sp³-hybridized carbons (Fsp3) is 0. The second kappa shape index (κ2) is 5.67. The van der Waals surface area contributed by atoms with Crippen molar-refractivity contribution < 1.29 is 0 Å². The molecule has 0 saturated heterocycles. The Kier molecular flexibility index (Phi) is 3.56. The third kappa shape index (κ3) is 2.46. The molecular weight excluding hydrogens is 266 g/mol. The predicted molar refractivity (Wildman–Crippen MR) is 84.8 cm³/mol. The molecule has 0 aliphatic carbocycles. The molecule has 0 N–H and O–H groups in total. The zero-order valence-electron chi connectivity index (χ0n) is 10.8. The van der Waals surface area contributed by atoms with Crippen LogP contribution in [0.3, 0.4) is 0 Å². The number of benzene rings is 1. The lowest BCUT2D eigenvalue weighted by Gasteiger charge is -2.02. The van der Waals surface area contributed by atoms with Gasteiger partial charge < -0.3 is 0 Å². The molecule has 0 radical (unpaired) electrons. The molecule has 0 atom stereocenters. The maximum atomic E-state index is 4.30. The second-order valence-electron chi connectivity index (χ2n) is 4.14. The van der Waals surface area contributed by atoms with Crippen molar-refractivity contribution in [1.29, 1.82) is 0 Å². The Labute approximate surface area is 121 Å². The van der Waals surface area contributed by atoms with Crippen LogP contribution >= 0.6 is 11.3 Å². The first-order valence-electron chi connectivity index (χ1n) is 6.23. The maximum absolute atomic E-state index is 4.30. The van der Waals surface area contributed by atoms with Gasteiger partial charge in [0.1, 0.15) is 0 Å². The lowest BCUT2D eigenvalue weighted by Crippen LogP contribution is -1.86. The van der Waals surface area contributed by atoms with E-state index in [1.54, 1.807) is 17.5 Å². The number of hydrogen-bond acceptors (Lipinski definition) is 3. The van der Waals surface area contributed by atoms with Crippen molar-refractivity contribution in [2.45, 2.75) is 0 Å². The van der Waals surface area contributed by atoms with Crippen LogP contribution in [0.15, 0.2) is 76.8 Å². The zero-order chi connectivity index (χ0) is 13.8. The minimum absolute atomic E-state index is 0.771. The molecule has 2 aromatic heterocycles. The fourth-order valence-corrected chi connectivity index (χ4v) is 2.69. The fourth-order valence-electron chi connectivity index (χ4n) is 1.94. The van der Waals surface area contributed by atoms with E-state index in [9.17, 15) is 0 Å². The lowest BCUT2D eigenvalue weighted by molar-refractivity contribution is 1.10. The summed E-state index contributed by atoms with van der Waals surface area (Å²) in [6.07, 6.45) is 1.76. The van der Waals surface area contributed by atoms with E-state index in [1.807, 2.05) is 53.1 Å². The summed E-state index contributed by atoms with van der Waals surface area (Å²) in [5.41, 5.74) is 1.92. The number of thiophene rings is 1. The van der Waals surface area contributed by atoms with E-state index in [0.29, 0.717) is 0 Å². The van der Waals surface area contributed by atoms with E-state index in [0.717, 1.165) is 17.2 Å². The molecule has 3 rings (SSSR count). The van der Waals surface area contributed by atoms with Crippen LogP contribution in [0.5, 0.6) is 0 Å². The molecule has 0 unspecified atom stereocenters. The molecule has 20 heavy (non-hydrogen) atoms. The van der Waals surface area contributed by atoms with Crippen LogP contribution in [-0.2, 0) is 0 Å². The molecular formula is C16H13N3S. The Morgan fingerprint density at radius 3 is 2.50 bits per heavy atom. The standard InChI is InChI=1S/C16H13N3S/c1-2-19-14(15-9-6-12-20-15)10-11-16(19)18-17-13-7-4-3-5-8-13/h2-12H,1H2. The average Bonchev–Trinajstić information content (AvgIpc) is 3.14. The van der Waals surface area contributed by atoms with Crippen LogP contribution < -0.4 is 0 Å². The Bertz CT molecular complexity index is 724. The summed E-state index contributed by atoms with van der Waals surface area (Å²) in [6, 6.07) is 17.8. The van der Waals surface area contributed by atoms with E-state index < -0.39 is 0 Å². The highest BCUT2D eigenvalue weighted by atomic mass is 32.1. The number of aromatic nitrogens is 1. The number of hydrogen-bond donors (Lipinski definition) is 0. The smallest absolute Gasteiger partial charge is 0.159 e. The van der Waals surface area contributed by atoms with Gasteiger partial charge >= 0.3 is 0 Å². The summed E-state index contributed by atoms with van der Waals surface area (Å²) in [5, 5.41) is 10.6. The molecule has 2 heterocycles. The van der Waals surface area contributed by atoms with Crippen LogP contribution in [0.25, 0.3) is 16.8 Å². The van der Waals surface area contributed by atoms with Crippen molar-refractivity contribution in [3.8, 4) is 10.6 Å². The SMILES string of the molecule is C=Cn1c(N=Nc2ccccc2)ccc1-c1cccs1. The molecule has 0 amide bonds. The van der Waals surface area contributed by atoms with Gasteiger partial charge in [-0.3, -0.25) is 4.57 Å². The van der Waals surface area contributed by atoms with Gasteiger partial charge in [-0.2, -0.15) is 0 Å². The van der Waals surface area contributed by atoms with Crippen molar-refractivity contribution in [1.82, 2.24) is 4.57 Å². The van der Waals surface area contributed by atoms with Gasteiger partial charge in [0.25, 0.3) is 0 Å². The monoisotopic (exact) mass is 279 g/mol. The first-order chi connectivity index (χ1) is 9.88. The Hall–Kier alpha value is -2.46. The van der Waals surface area contributed by atoms with E-state index >= 15 is 0 Å². The highest BCUT2D eigenvalue weighted by Gasteiger charge is 2.08. The van der Waals surface area contributed by atoms with Gasteiger partial charge in [-0.25, -0.2) is 0 Å². The molecule has 1 aromatic carbocycles. The van der Waals surface area contributed by atoms with Crippen molar-refractivity contribution >= 4 is 29.0 Å². The molecule has 0 fully saturated rings. The Morgan fingerprint density at radius 1 is 0.950 bits per heavy atom. The summed E-state index contributed by atoms with van der Waals surface area (Å²) in [4.78, 5) is 1.19. The molecule has 3 aromatic rings. The van der Waals surface area contributed by atoms with Crippen LogP contribution in [0.1, 0.15) is 0 Å². The largest absolute Gasteiger partial charge is 0.300 e. The van der Waals surface area contributed by atoms with Crippen molar-refractivity contribution in [2.75, 3.05) is 0 Å². The molecule has 4 heteroatoms. The van der Waals surface area contributed by atoms with Crippen molar-refractivity contribution in [2.24, 2.45) is 10.2 Å². The summed E-state index contributed by atoms with van der Waals surface area (Å²) < 4.78 is 1.94. The van der Waals surface area contributed by atoms with Gasteiger partial charge in [-0.1, -0.05) is 30.8 Å². The zero-order valence-corrected chi connectivity index (χ0v) is 11.6. The Morgan fingerprint density at radius 2 is 1.80 bits per heavy atom. The van der Waals surface area contributed by atoms with E-state index in [4.69, 9.17) is 0 Å². The summed E-state index contributed by atoms with van der Waals surface area (Å²) in [6.45, 7) is 3.86. The minimum atomic E-state index is 0.771. The lowest BCUT2D eigenvalue weighted by atomic mass is 10.3. The van der Waals surface area contributed by atoms with Crippen LogP contribution in [0, 0.1) is 0 Å². The molecule has 0 spiro atoms. The van der Waals surface area contributed by atoms with Gasteiger partial charge in [-0.05, 0) is 35.7 Å². The van der Waals surface area contributed by atoms with Crippen LogP contribution in [0.4, 0.5) is 11.5 Å². The summed E-state index contributed by atoms with van der Waals surface area (Å²) in [7, 11) is 0. The van der Waals surface area contributed by atoms with E-state index in [1.165, 1.54) is 4.88 Å². The minimum Gasteiger partial charge on any atom is -0.300 e. The average molecular weight is 279 g/mol. The summed E-state index contributed by atoms with van der Waals surface area (Å²) in [5.74, 6) is 0.771. The number of rotatable bonds is 4. The van der Waals surface area contributed by atoms with Gasteiger partial charge in [0.05, 0.1) is 16.3 Å². The van der Waals surface area contributed by atoms with E-state index in [-0.39, 0.29) is 0 Å².